The van der Waals surface area contributed by atoms with E-state index >= 15 is 0 Å². The minimum atomic E-state index is -0.668. The van der Waals surface area contributed by atoms with Gasteiger partial charge in [0.05, 0.1) is 11.3 Å². The van der Waals surface area contributed by atoms with Crippen LogP contribution in [0.2, 0.25) is 5.15 Å². The SMILES string of the molecule is CC(C)(C)NC(=O)Cc1nc(Cl)cc(N)c1[N+](=O)[O-]. The van der Waals surface area contributed by atoms with Gasteiger partial charge in [0.1, 0.15) is 16.5 Å². The smallest absolute Gasteiger partial charge is 0.314 e. The molecule has 0 spiro atoms. The molecule has 0 fully saturated rings. The van der Waals surface area contributed by atoms with Crippen molar-refractivity contribution < 1.29 is 9.72 Å². The second-order valence-electron chi connectivity index (χ2n) is 5.06. The molecule has 104 valence electrons. The number of carbonyl (C=O) groups excluding carboxylic acids is 1. The molecule has 0 saturated heterocycles. The maximum Gasteiger partial charge on any atom is 0.314 e. The maximum atomic E-state index is 11.8. The quantitative estimate of drug-likeness (QED) is 0.499. The molecule has 1 heterocycles. The molecule has 0 saturated carbocycles. The topological polar surface area (TPSA) is 111 Å². The summed E-state index contributed by atoms with van der Waals surface area (Å²) >= 11 is 5.70. The number of hydrogen-bond acceptors (Lipinski definition) is 5. The fourth-order valence-electron chi connectivity index (χ4n) is 1.53. The van der Waals surface area contributed by atoms with Gasteiger partial charge in [-0.05, 0) is 20.8 Å². The summed E-state index contributed by atoms with van der Waals surface area (Å²) in [5, 5.41) is 13.6. The van der Waals surface area contributed by atoms with E-state index in [9.17, 15) is 14.9 Å². The summed E-state index contributed by atoms with van der Waals surface area (Å²) in [6.45, 7) is 5.41. The lowest BCUT2D eigenvalue weighted by Crippen LogP contribution is -2.41. The summed E-state index contributed by atoms with van der Waals surface area (Å²) in [4.78, 5) is 25.8. The molecular weight excluding hydrogens is 272 g/mol. The van der Waals surface area contributed by atoms with Gasteiger partial charge in [-0.15, -0.1) is 0 Å². The number of nitrogens with zero attached hydrogens (tertiary/aromatic N) is 2. The highest BCUT2D eigenvalue weighted by molar-refractivity contribution is 6.29. The van der Waals surface area contributed by atoms with Crippen LogP contribution in [0.1, 0.15) is 26.5 Å². The molecule has 8 heteroatoms. The molecule has 0 aliphatic carbocycles. The van der Waals surface area contributed by atoms with Gasteiger partial charge in [0.25, 0.3) is 0 Å². The van der Waals surface area contributed by atoms with E-state index in [1.165, 1.54) is 6.07 Å². The summed E-state index contributed by atoms with van der Waals surface area (Å²) in [6, 6.07) is 1.19. The van der Waals surface area contributed by atoms with Gasteiger partial charge in [-0.1, -0.05) is 11.6 Å². The normalized spacial score (nSPS) is 11.2. The summed E-state index contributed by atoms with van der Waals surface area (Å²) in [6.07, 6.45) is -0.252. The Bertz CT molecular complexity index is 525. The van der Waals surface area contributed by atoms with Gasteiger partial charge in [0.15, 0.2) is 0 Å². The number of hydrogen-bond donors (Lipinski definition) is 2. The molecule has 1 amide bonds. The molecule has 0 atom stereocenters. The van der Waals surface area contributed by atoms with Crippen LogP contribution in [-0.4, -0.2) is 21.4 Å². The van der Waals surface area contributed by atoms with Crippen LogP contribution in [0.15, 0.2) is 6.07 Å². The number of anilines is 1. The van der Waals surface area contributed by atoms with Crippen molar-refractivity contribution in [2.24, 2.45) is 0 Å². The van der Waals surface area contributed by atoms with E-state index in [1.807, 2.05) is 0 Å². The molecule has 0 aromatic carbocycles. The Balaban J connectivity index is 3.07. The Morgan fingerprint density at radius 3 is 2.63 bits per heavy atom. The highest BCUT2D eigenvalue weighted by Gasteiger charge is 2.24. The average Bonchev–Trinajstić information content (AvgIpc) is 2.10. The van der Waals surface area contributed by atoms with Gasteiger partial charge >= 0.3 is 5.69 Å². The van der Waals surface area contributed by atoms with Crippen LogP contribution in [0.5, 0.6) is 0 Å². The van der Waals surface area contributed by atoms with Gasteiger partial charge in [-0.25, -0.2) is 4.98 Å². The molecule has 0 bridgehead atoms. The van der Waals surface area contributed by atoms with Crippen molar-refractivity contribution in [3.05, 3.63) is 27.0 Å². The molecule has 0 radical (unpaired) electrons. The number of nitrogens with two attached hydrogens (primary N) is 1. The van der Waals surface area contributed by atoms with Crippen LogP contribution >= 0.6 is 11.6 Å². The average molecular weight is 287 g/mol. The summed E-state index contributed by atoms with van der Waals surface area (Å²) in [7, 11) is 0. The van der Waals surface area contributed by atoms with Crippen molar-refractivity contribution in [3.63, 3.8) is 0 Å². The van der Waals surface area contributed by atoms with E-state index in [4.69, 9.17) is 17.3 Å². The number of nitrogen functional groups attached to an aromatic ring is 1. The van der Waals surface area contributed by atoms with Crippen molar-refractivity contribution in [2.75, 3.05) is 5.73 Å². The number of rotatable bonds is 3. The minimum Gasteiger partial charge on any atom is -0.393 e. The number of nitrogens with one attached hydrogen (secondary N) is 1. The molecule has 19 heavy (non-hydrogen) atoms. The predicted molar refractivity (Wildman–Crippen MR) is 71.9 cm³/mol. The number of carbonyl (C=O) groups is 1. The largest absolute Gasteiger partial charge is 0.393 e. The lowest BCUT2D eigenvalue weighted by atomic mass is 10.1. The predicted octanol–water partition coefficient (Wildman–Crippen LogP) is 1.68. The molecular formula is C11H15ClN4O3. The molecule has 7 nitrogen and oxygen atoms in total. The van der Waals surface area contributed by atoms with Gasteiger partial charge < -0.3 is 11.1 Å². The van der Waals surface area contributed by atoms with Crippen LogP contribution in [0, 0.1) is 10.1 Å². The zero-order valence-electron chi connectivity index (χ0n) is 10.9. The number of nitro groups is 1. The van der Waals surface area contributed by atoms with Gasteiger partial charge in [-0.3, -0.25) is 14.9 Å². The first-order chi connectivity index (χ1) is 8.60. The Labute approximate surface area is 115 Å². The van der Waals surface area contributed by atoms with Gasteiger partial charge in [0, 0.05) is 11.6 Å². The molecule has 0 aliphatic heterocycles. The lowest BCUT2D eigenvalue weighted by molar-refractivity contribution is -0.384. The molecule has 1 aromatic heterocycles. The van der Waals surface area contributed by atoms with Crippen molar-refractivity contribution >= 4 is 28.9 Å². The maximum absolute atomic E-state index is 11.8. The second kappa shape index (κ2) is 5.40. The zero-order chi connectivity index (χ0) is 14.8. The third-order valence-electron chi connectivity index (χ3n) is 2.09. The first-order valence-corrected chi connectivity index (χ1v) is 5.88. The van der Waals surface area contributed by atoms with Crippen LogP contribution in [0.25, 0.3) is 0 Å². The number of pyridine rings is 1. The van der Waals surface area contributed by atoms with Crippen LogP contribution < -0.4 is 11.1 Å². The fraction of sp³-hybridized carbons (Fsp3) is 0.455. The highest BCUT2D eigenvalue weighted by Crippen LogP contribution is 2.27. The first kappa shape index (κ1) is 15.2. The fourth-order valence-corrected chi connectivity index (χ4v) is 1.75. The monoisotopic (exact) mass is 286 g/mol. The van der Waals surface area contributed by atoms with Crippen molar-refractivity contribution in [1.29, 1.82) is 0 Å². The van der Waals surface area contributed by atoms with E-state index in [0.717, 1.165) is 0 Å². The van der Waals surface area contributed by atoms with Crippen molar-refractivity contribution in [2.45, 2.75) is 32.7 Å². The third kappa shape index (κ3) is 4.36. The first-order valence-electron chi connectivity index (χ1n) is 5.50. The van der Waals surface area contributed by atoms with Crippen LogP contribution in [-0.2, 0) is 11.2 Å². The molecule has 1 aromatic rings. The lowest BCUT2D eigenvalue weighted by Gasteiger charge is -2.20. The Morgan fingerprint density at radius 2 is 2.16 bits per heavy atom. The number of amides is 1. The number of halogens is 1. The Kier molecular flexibility index (Phi) is 4.31. The summed E-state index contributed by atoms with van der Waals surface area (Å²) < 4.78 is 0. The van der Waals surface area contributed by atoms with Gasteiger partial charge in [0.2, 0.25) is 5.91 Å². The van der Waals surface area contributed by atoms with E-state index in [-0.39, 0.29) is 34.5 Å². The molecule has 0 aliphatic rings. The van der Waals surface area contributed by atoms with Gasteiger partial charge in [-0.2, -0.15) is 0 Å². The standard InChI is InChI=1S/C11H15ClN4O3/c1-11(2,3)15-9(17)5-7-10(16(18)19)6(13)4-8(12)14-7/h4H,5H2,1-3H3,(H2,13,14)(H,15,17). The van der Waals surface area contributed by atoms with E-state index in [0.29, 0.717) is 0 Å². The van der Waals surface area contributed by atoms with E-state index < -0.39 is 10.5 Å². The number of aromatic nitrogens is 1. The van der Waals surface area contributed by atoms with Crippen LogP contribution in [0.3, 0.4) is 0 Å². The Morgan fingerprint density at radius 1 is 1.58 bits per heavy atom. The summed E-state index contributed by atoms with van der Waals surface area (Å²) in [5.41, 5.74) is 4.56. The van der Waals surface area contributed by atoms with E-state index in [2.05, 4.69) is 10.3 Å². The van der Waals surface area contributed by atoms with Crippen molar-refractivity contribution in [1.82, 2.24) is 10.3 Å². The minimum absolute atomic E-state index is 0.0154. The highest BCUT2D eigenvalue weighted by atomic mass is 35.5. The van der Waals surface area contributed by atoms with Crippen LogP contribution in [0.4, 0.5) is 11.4 Å². The second-order valence-corrected chi connectivity index (χ2v) is 5.45. The Hall–Kier alpha value is -1.89. The molecule has 0 unspecified atom stereocenters. The third-order valence-corrected chi connectivity index (χ3v) is 2.28. The van der Waals surface area contributed by atoms with E-state index in [1.54, 1.807) is 20.8 Å². The van der Waals surface area contributed by atoms with Crippen molar-refractivity contribution in [3.8, 4) is 0 Å². The summed E-state index contributed by atoms with van der Waals surface area (Å²) in [5.74, 6) is -0.384. The molecule has 3 N–H and O–H groups in total. The zero-order valence-corrected chi connectivity index (χ0v) is 11.6. The molecule has 1 rings (SSSR count).